The Morgan fingerprint density at radius 3 is 2.46 bits per heavy atom. The topological polar surface area (TPSA) is 70.6 Å². The van der Waals surface area contributed by atoms with E-state index in [0.717, 1.165) is 16.6 Å². The second-order valence-electron chi connectivity index (χ2n) is 5.98. The smallest absolute Gasteiger partial charge is 0.230 e. The number of nitrogens with zero attached hydrogens (tertiary/aromatic N) is 3. The van der Waals surface area contributed by atoms with Crippen LogP contribution in [0.4, 0.5) is 5.95 Å². The van der Waals surface area contributed by atoms with Crippen LogP contribution < -0.4 is 0 Å². The molecule has 128 valence electrons. The molecule has 1 heterocycles. The van der Waals surface area contributed by atoms with E-state index in [-0.39, 0.29) is 11.5 Å². The van der Waals surface area contributed by atoms with Crippen LogP contribution in [0.25, 0.3) is 11.0 Å². The lowest BCUT2D eigenvalue weighted by Gasteiger charge is -2.06. The van der Waals surface area contributed by atoms with Gasteiger partial charge in [-0.05, 0) is 41.5 Å². The lowest BCUT2D eigenvalue weighted by atomic mass is 10.2. The molecule has 0 spiro atoms. The number of benzene rings is 3. The molecule has 0 aliphatic carbocycles. The molecule has 0 radical (unpaired) electrons. The normalized spacial score (nSPS) is 11.4. The molecule has 0 aliphatic heterocycles. The molecule has 0 saturated carbocycles. The third-order valence-electron chi connectivity index (χ3n) is 4.15. The largest absolute Gasteiger partial charge is 0.504 e. The molecule has 0 atom stereocenters. The third kappa shape index (κ3) is 3.15. The maximum absolute atomic E-state index is 9.63. The van der Waals surface area contributed by atoms with Crippen LogP contribution in [0.5, 0.6) is 11.5 Å². The molecule has 1 aromatic heterocycles. The lowest BCUT2D eigenvalue weighted by Crippen LogP contribution is -1.99. The highest BCUT2D eigenvalue weighted by molar-refractivity contribution is 5.84. The van der Waals surface area contributed by atoms with Gasteiger partial charge in [-0.3, -0.25) is 0 Å². The zero-order valence-electron chi connectivity index (χ0n) is 13.9. The van der Waals surface area contributed by atoms with Crippen molar-refractivity contribution in [1.82, 2.24) is 9.55 Å². The van der Waals surface area contributed by atoms with Gasteiger partial charge in [0.25, 0.3) is 0 Å². The Kier molecular flexibility index (Phi) is 4.11. The van der Waals surface area contributed by atoms with E-state index in [2.05, 4.69) is 26.7 Å². The summed E-state index contributed by atoms with van der Waals surface area (Å²) in [4.78, 5) is 9.13. The Bertz CT molecular complexity index is 1090. The van der Waals surface area contributed by atoms with E-state index in [4.69, 9.17) is 0 Å². The minimum Gasteiger partial charge on any atom is -0.504 e. The maximum atomic E-state index is 9.63. The zero-order chi connectivity index (χ0) is 17.9. The third-order valence-corrected chi connectivity index (χ3v) is 4.15. The van der Waals surface area contributed by atoms with E-state index >= 15 is 0 Å². The minimum absolute atomic E-state index is 0.154. The van der Waals surface area contributed by atoms with E-state index in [1.165, 1.54) is 12.1 Å². The zero-order valence-corrected chi connectivity index (χ0v) is 13.9. The average Bonchev–Trinajstić information content (AvgIpc) is 3.01. The van der Waals surface area contributed by atoms with Crippen molar-refractivity contribution in [2.45, 2.75) is 6.54 Å². The van der Waals surface area contributed by atoms with Gasteiger partial charge in [0.2, 0.25) is 5.95 Å². The van der Waals surface area contributed by atoms with Gasteiger partial charge in [0, 0.05) is 6.21 Å². The Morgan fingerprint density at radius 1 is 0.885 bits per heavy atom. The lowest BCUT2D eigenvalue weighted by molar-refractivity contribution is 0.403. The van der Waals surface area contributed by atoms with E-state index in [9.17, 15) is 10.2 Å². The summed E-state index contributed by atoms with van der Waals surface area (Å²) in [5, 5.41) is 19.1. The van der Waals surface area contributed by atoms with E-state index < -0.39 is 0 Å². The van der Waals surface area contributed by atoms with Crippen LogP contribution in [0.15, 0.2) is 77.8 Å². The quantitative estimate of drug-likeness (QED) is 0.430. The summed E-state index contributed by atoms with van der Waals surface area (Å²) in [6.07, 6.45) is 1.63. The summed E-state index contributed by atoms with van der Waals surface area (Å²) in [6, 6.07) is 22.7. The van der Waals surface area contributed by atoms with Gasteiger partial charge >= 0.3 is 0 Å². The van der Waals surface area contributed by atoms with E-state index in [1.54, 1.807) is 12.3 Å². The van der Waals surface area contributed by atoms with Gasteiger partial charge in [0.05, 0.1) is 17.6 Å². The van der Waals surface area contributed by atoms with Crippen molar-refractivity contribution in [2.24, 2.45) is 4.99 Å². The molecule has 0 bridgehead atoms. The van der Waals surface area contributed by atoms with Crippen LogP contribution >= 0.6 is 0 Å². The second kappa shape index (κ2) is 6.72. The van der Waals surface area contributed by atoms with Crippen LogP contribution in [0.3, 0.4) is 0 Å². The molecule has 4 aromatic rings. The highest BCUT2D eigenvalue weighted by atomic mass is 16.3. The predicted octanol–water partition coefficient (Wildman–Crippen LogP) is 4.25. The van der Waals surface area contributed by atoms with Crippen LogP contribution in [0, 0.1) is 0 Å². The molecule has 0 unspecified atom stereocenters. The van der Waals surface area contributed by atoms with Gasteiger partial charge in [-0.1, -0.05) is 42.5 Å². The van der Waals surface area contributed by atoms with Crippen molar-refractivity contribution in [3.8, 4) is 11.5 Å². The SMILES string of the molecule is Oc1ccc(/C=N/c2nc3ccccc3n2Cc2ccccc2)cc1O. The van der Waals surface area contributed by atoms with Gasteiger partial charge in [0.15, 0.2) is 11.5 Å². The van der Waals surface area contributed by atoms with Gasteiger partial charge in [-0.2, -0.15) is 0 Å². The number of para-hydroxylation sites is 2. The number of aromatic hydroxyl groups is 2. The number of fused-ring (bicyclic) bond motifs is 1. The highest BCUT2D eigenvalue weighted by Gasteiger charge is 2.10. The molecule has 0 saturated heterocycles. The number of aliphatic imine (C=N–C) groups is 1. The fourth-order valence-electron chi connectivity index (χ4n) is 2.84. The van der Waals surface area contributed by atoms with Gasteiger partial charge in [-0.25, -0.2) is 9.98 Å². The molecule has 4 rings (SSSR count). The van der Waals surface area contributed by atoms with Gasteiger partial charge in [-0.15, -0.1) is 0 Å². The van der Waals surface area contributed by atoms with E-state index in [0.29, 0.717) is 18.1 Å². The summed E-state index contributed by atoms with van der Waals surface area (Å²) < 4.78 is 2.06. The van der Waals surface area contributed by atoms with Crippen molar-refractivity contribution >= 4 is 23.2 Å². The molecular formula is C21H17N3O2. The number of aromatic nitrogens is 2. The highest BCUT2D eigenvalue weighted by Crippen LogP contribution is 2.26. The molecule has 26 heavy (non-hydrogen) atoms. The van der Waals surface area contributed by atoms with Crippen molar-refractivity contribution in [3.05, 3.63) is 83.9 Å². The predicted molar refractivity (Wildman–Crippen MR) is 102 cm³/mol. The van der Waals surface area contributed by atoms with Crippen LogP contribution in [0.1, 0.15) is 11.1 Å². The monoisotopic (exact) mass is 343 g/mol. The standard InChI is InChI=1S/C21H17N3O2/c25-19-11-10-16(12-20(19)26)13-22-21-23-17-8-4-5-9-18(17)24(21)14-15-6-2-1-3-7-15/h1-13,25-26H,14H2/b22-13+. The number of imidazole rings is 1. The van der Waals surface area contributed by atoms with Crippen LogP contribution in [-0.4, -0.2) is 26.0 Å². The summed E-state index contributed by atoms with van der Waals surface area (Å²) in [7, 11) is 0. The molecular weight excluding hydrogens is 326 g/mol. The fourth-order valence-corrected chi connectivity index (χ4v) is 2.84. The Hall–Kier alpha value is -3.60. The molecule has 5 nitrogen and oxygen atoms in total. The van der Waals surface area contributed by atoms with Gasteiger partial charge in [0.1, 0.15) is 0 Å². The van der Waals surface area contributed by atoms with Gasteiger partial charge < -0.3 is 14.8 Å². The Balaban J connectivity index is 1.75. The first-order valence-electron chi connectivity index (χ1n) is 8.26. The number of phenols is 2. The molecule has 0 fully saturated rings. The first-order valence-corrected chi connectivity index (χ1v) is 8.26. The summed E-state index contributed by atoms with van der Waals surface area (Å²) in [6.45, 7) is 0.662. The first-order chi connectivity index (χ1) is 12.7. The number of hydrogen-bond acceptors (Lipinski definition) is 4. The minimum atomic E-state index is -0.174. The van der Waals surface area contributed by atoms with Crippen molar-refractivity contribution in [2.75, 3.05) is 0 Å². The summed E-state index contributed by atoms with van der Waals surface area (Å²) in [5.41, 5.74) is 3.73. The van der Waals surface area contributed by atoms with Crippen LogP contribution in [0.2, 0.25) is 0 Å². The summed E-state index contributed by atoms with van der Waals surface area (Å²) >= 11 is 0. The fraction of sp³-hybridized carbons (Fsp3) is 0.0476. The molecule has 5 heteroatoms. The van der Waals surface area contributed by atoms with Crippen LogP contribution in [-0.2, 0) is 6.54 Å². The molecule has 2 N–H and O–H groups in total. The molecule has 0 aliphatic rings. The number of hydrogen-bond donors (Lipinski definition) is 2. The number of rotatable bonds is 4. The van der Waals surface area contributed by atoms with E-state index in [1.807, 2.05) is 42.5 Å². The molecule has 3 aromatic carbocycles. The first kappa shape index (κ1) is 15.9. The number of phenolic OH excluding ortho intramolecular Hbond substituents is 2. The van der Waals surface area contributed by atoms with Crippen molar-refractivity contribution < 1.29 is 10.2 Å². The maximum Gasteiger partial charge on any atom is 0.230 e. The molecule has 0 amide bonds. The van der Waals surface area contributed by atoms with Crippen molar-refractivity contribution in [3.63, 3.8) is 0 Å². The average molecular weight is 343 g/mol. The summed E-state index contributed by atoms with van der Waals surface area (Å²) in [5.74, 6) is 0.257. The van der Waals surface area contributed by atoms with Crippen molar-refractivity contribution in [1.29, 1.82) is 0 Å². The Morgan fingerprint density at radius 2 is 1.65 bits per heavy atom. The second-order valence-corrected chi connectivity index (χ2v) is 5.98. The Labute approximate surface area is 150 Å².